The molecule has 0 saturated carbocycles. The Morgan fingerprint density at radius 3 is 2.32 bits per heavy atom. The summed E-state index contributed by atoms with van der Waals surface area (Å²) in [5.41, 5.74) is 4.82. The lowest BCUT2D eigenvalue weighted by molar-refractivity contribution is -0.123. The van der Waals surface area contributed by atoms with Crippen LogP contribution in [0.5, 0.6) is 5.75 Å². The summed E-state index contributed by atoms with van der Waals surface area (Å²) in [6.45, 7) is 8.32. The van der Waals surface area contributed by atoms with E-state index < -0.39 is 5.41 Å². The lowest BCUT2D eigenvalue weighted by atomic mass is 9.96. The van der Waals surface area contributed by atoms with E-state index in [2.05, 4.69) is 45.3 Å². The summed E-state index contributed by atoms with van der Waals surface area (Å²) >= 11 is 0. The van der Waals surface area contributed by atoms with Crippen LogP contribution < -0.4 is 10.1 Å². The molecule has 0 saturated heterocycles. The second-order valence-electron chi connectivity index (χ2n) is 9.65. The minimum absolute atomic E-state index is 0.104. The molecule has 0 aliphatic heterocycles. The van der Waals surface area contributed by atoms with E-state index >= 15 is 0 Å². The molecule has 6 heteroatoms. The predicted octanol–water partition coefficient (Wildman–Crippen LogP) is 5.57. The molecule has 34 heavy (non-hydrogen) atoms. The Labute approximate surface area is 201 Å². The minimum atomic E-state index is -0.526. The van der Waals surface area contributed by atoms with Crippen molar-refractivity contribution in [1.82, 2.24) is 14.5 Å². The van der Waals surface area contributed by atoms with Crippen LogP contribution >= 0.6 is 0 Å². The molecule has 1 N–H and O–H groups in total. The van der Waals surface area contributed by atoms with E-state index in [1.54, 1.807) is 7.11 Å². The molecule has 4 aromatic rings. The van der Waals surface area contributed by atoms with Crippen LogP contribution in [0, 0.1) is 12.3 Å². The first kappa shape index (κ1) is 23.5. The molecule has 2 aromatic carbocycles. The Hall–Kier alpha value is -3.67. The van der Waals surface area contributed by atoms with Crippen molar-refractivity contribution in [3.05, 3.63) is 83.2 Å². The van der Waals surface area contributed by atoms with Crippen molar-refractivity contribution >= 4 is 22.9 Å². The van der Waals surface area contributed by atoms with Gasteiger partial charge in [-0.15, -0.1) is 0 Å². The largest absolute Gasteiger partial charge is 0.497 e. The first-order chi connectivity index (χ1) is 16.2. The van der Waals surface area contributed by atoms with Crippen LogP contribution in [0.4, 0.5) is 5.95 Å². The number of aromatic nitrogens is 3. The molecule has 0 spiro atoms. The summed E-state index contributed by atoms with van der Waals surface area (Å²) in [7, 11) is 1.68. The number of nitrogens with one attached hydrogen (secondary N) is 1. The fraction of sp³-hybridized carbons (Fsp3) is 0.321. The zero-order valence-electron chi connectivity index (χ0n) is 20.6. The normalized spacial score (nSPS) is 11.6. The summed E-state index contributed by atoms with van der Waals surface area (Å²) in [5, 5.41) is 3.95. The van der Waals surface area contributed by atoms with Gasteiger partial charge in [0.25, 0.3) is 0 Å². The fourth-order valence-electron chi connectivity index (χ4n) is 3.96. The SMILES string of the molecule is COc1ccc(CCc2cn(Cc3ccccc3)c3nc(NC(=O)C(C)(C)C)nc(C)c23)cc1. The van der Waals surface area contributed by atoms with E-state index in [-0.39, 0.29) is 5.91 Å². The first-order valence-corrected chi connectivity index (χ1v) is 11.6. The molecule has 4 rings (SSSR count). The molecule has 0 radical (unpaired) electrons. The summed E-state index contributed by atoms with van der Waals surface area (Å²) in [4.78, 5) is 22.0. The monoisotopic (exact) mass is 456 g/mol. The highest BCUT2D eigenvalue weighted by molar-refractivity contribution is 5.94. The number of ether oxygens (including phenoxy) is 1. The zero-order chi connectivity index (χ0) is 24.3. The molecule has 6 nitrogen and oxygen atoms in total. The number of benzene rings is 2. The molecule has 0 unspecified atom stereocenters. The third-order valence-electron chi connectivity index (χ3n) is 5.92. The van der Waals surface area contributed by atoms with E-state index in [0.29, 0.717) is 12.5 Å². The van der Waals surface area contributed by atoms with E-state index in [0.717, 1.165) is 35.3 Å². The van der Waals surface area contributed by atoms with Gasteiger partial charge in [-0.2, -0.15) is 4.98 Å². The van der Waals surface area contributed by atoms with Crippen LogP contribution in [-0.4, -0.2) is 27.6 Å². The third-order valence-corrected chi connectivity index (χ3v) is 5.92. The number of carbonyl (C=O) groups excluding carboxylic acids is 1. The Morgan fingerprint density at radius 1 is 0.971 bits per heavy atom. The molecule has 0 atom stereocenters. The quantitative estimate of drug-likeness (QED) is 0.395. The highest BCUT2D eigenvalue weighted by atomic mass is 16.5. The first-order valence-electron chi connectivity index (χ1n) is 11.6. The van der Waals surface area contributed by atoms with Gasteiger partial charge < -0.3 is 9.30 Å². The fourth-order valence-corrected chi connectivity index (χ4v) is 3.96. The van der Waals surface area contributed by atoms with Gasteiger partial charge in [0.05, 0.1) is 12.8 Å². The molecule has 176 valence electrons. The van der Waals surface area contributed by atoms with Gasteiger partial charge in [0.1, 0.15) is 11.4 Å². The lowest BCUT2D eigenvalue weighted by Crippen LogP contribution is -2.28. The van der Waals surface area contributed by atoms with Gasteiger partial charge in [0, 0.05) is 23.5 Å². The van der Waals surface area contributed by atoms with Crippen LogP contribution in [0.25, 0.3) is 11.0 Å². The maximum Gasteiger partial charge on any atom is 0.232 e. The summed E-state index contributed by atoms with van der Waals surface area (Å²) in [5.74, 6) is 1.10. The Morgan fingerprint density at radius 2 is 1.68 bits per heavy atom. The van der Waals surface area contributed by atoms with Crippen LogP contribution in [0.3, 0.4) is 0 Å². The van der Waals surface area contributed by atoms with Crippen LogP contribution in [-0.2, 0) is 24.2 Å². The summed E-state index contributed by atoms with van der Waals surface area (Å²) in [6.07, 6.45) is 3.94. The molecule has 2 aromatic heterocycles. The standard InChI is InChI=1S/C28H32N4O2/c1-19-24-22(14-11-20-12-15-23(34-5)16-13-20)18-32(17-21-9-7-6-8-10-21)25(24)30-27(29-19)31-26(33)28(2,3)4/h6-10,12-13,15-16,18H,11,14,17H2,1-5H3,(H,29,30,31,33). The Bertz CT molecular complexity index is 1290. The van der Waals surface area contributed by atoms with Gasteiger partial charge >= 0.3 is 0 Å². The van der Waals surface area contributed by atoms with Crippen molar-refractivity contribution in [3.8, 4) is 5.75 Å². The second-order valence-corrected chi connectivity index (χ2v) is 9.65. The molecule has 2 heterocycles. The maximum absolute atomic E-state index is 12.6. The average molecular weight is 457 g/mol. The molecular weight excluding hydrogens is 424 g/mol. The molecule has 0 bridgehead atoms. The number of anilines is 1. The van der Waals surface area contributed by atoms with Crippen LogP contribution in [0.15, 0.2) is 60.8 Å². The van der Waals surface area contributed by atoms with Crippen LogP contribution in [0.2, 0.25) is 0 Å². The highest BCUT2D eigenvalue weighted by Gasteiger charge is 2.23. The second kappa shape index (κ2) is 9.67. The average Bonchev–Trinajstić information content (AvgIpc) is 3.15. The van der Waals surface area contributed by atoms with Gasteiger partial charge in [-0.25, -0.2) is 4.98 Å². The highest BCUT2D eigenvalue weighted by Crippen LogP contribution is 2.27. The summed E-state index contributed by atoms with van der Waals surface area (Å²) in [6, 6.07) is 18.5. The number of methoxy groups -OCH3 is 1. The molecule has 1 amide bonds. The Kier molecular flexibility index (Phi) is 6.68. The van der Waals surface area contributed by atoms with Crippen molar-refractivity contribution in [1.29, 1.82) is 0 Å². The van der Waals surface area contributed by atoms with E-state index in [9.17, 15) is 4.79 Å². The summed E-state index contributed by atoms with van der Waals surface area (Å²) < 4.78 is 7.44. The number of fused-ring (bicyclic) bond motifs is 1. The number of rotatable bonds is 7. The van der Waals surface area contributed by atoms with Crippen molar-refractivity contribution in [2.75, 3.05) is 12.4 Å². The smallest absolute Gasteiger partial charge is 0.232 e. The Balaban J connectivity index is 1.70. The molecule has 0 aliphatic rings. The van der Waals surface area contributed by atoms with Crippen molar-refractivity contribution in [2.24, 2.45) is 5.41 Å². The van der Waals surface area contributed by atoms with Gasteiger partial charge in [-0.05, 0) is 48.6 Å². The molecule has 0 aliphatic carbocycles. The van der Waals surface area contributed by atoms with Crippen LogP contribution in [0.1, 0.15) is 43.2 Å². The lowest BCUT2D eigenvalue weighted by Gasteiger charge is -2.17. The third kappa shape index (κ3) is 5.28. The van der Waals surface area contributed by atoms with E-state index in [1.807, 2.05) is 58.0 Å². The maximum atomic E-state index is 12.6. The van der Waals surface area contributed by atoms with E-state index in [1.165, 1.54) is 16.7 Å². The van der Waals surface area contributed by atoms with Gasteiger partial charge in [0.2, 0.25) is 11.9 Å². The number of carbonyl (C=O) groups is 1. The van der Waals surface area contributed by atoms with Crippen molar-refractivity contribution < 1.29 is 9.53 Å². The minimum Gasteiger partial charge on any atom is -0.497 e. The number of hydrogen-bond acceptors (Lipinski definition) is 4. The van der Waals surface area contributed by atoms with Gasteiger partial charge in [-0.1, -0.05) is 63.2 Å². The number of amides is 1. The number of nitrogens with zero attached hydrogens (tertiary/aromatic N) is 3. The number of aryl methyl sites for hydroxylation is 3. The van der Waals surface area contributed by atoms with Crippen molar-refractivity contribution in [2.45, 2.75) is 47.1 Å². The van der Waals surface area contributed by atoms with Gasteiger partial charge in [0.15, 0.2) is 0 Å². The van der Waals surface area contributed by atoms with Crippen molar-refractivity contribution in [3.63, 3.8) is 0 Å². The number of hydrogen-bond donors (Lipinski definition) is 1. The molecule has 0 fully saturated rings. The zero-order valence-corrected chi connectivity index (χ0v) is 20.6. The predicted molar refractivity (Wildman–Crippen MR) is 136 cm³/mol. The van der Waals surface area contributed by atoms with Gasteiger partial charge in [-0.3, -0.25) is 10.1 Å². The van der Waals surface area contributed by atoms with E-state index in [4.69, 9.17) is 9.72 Å². The topological polar surface area (TPSA) is 69.0 Å². The molecular formula is C28H32N4O2.